The van der Waals surface area contributed by atoms with Gasteiger partial charge in [0.25, 0.3) is 10.0 Å². The normalized spacial score (nSPS) is 12.3. The molecule has 0 saturated carbocycles. The van der Waals surface area contributed by atoms with E-state index in [4.69, 9.17) is 4.74 Å². The molecule has 0 fully saturated rings. The van der Waals surface area contributed by atoms with Crippen LogP contribution in [0.1, 0.15) is 0 Å². The molecule has 0 aliphatic carbocycles. The first kappa shape index (κ1) is 15.8. The molecule has 0 unspecified atom stereocenters. The Balaban J connectivity index is 2.92. The highest BCUT2D eigenvalue weighted by Crippen LogP contribution is 2.13. The molecule has 1 aromatic heterocycles. The second-order valence-corrected chi connectivity index (χ2v) is 6.78. The highest BCUT2D eigenvalue weighted by atomic mass is 32.2. The van der Waals surface area contributed by atoms with Crippen molar-refractivity contribution in [1.82, 2.24) is 9.71 Å². The molecule has 1 heterocycles. The molecular formula is C9H14N2O6S2. The minimum absolute atomic E-state index is 0.0810. The SMILES string of the molecule is COCCNS(=O)(=O)c1cccc(OS(C)(=O)=O)n1. The van der Waals surface area contributed by atoms with Crippen LogP contribution in [0, 0.1) is 0 Å². The van der Waals surface area contributed by atoms with Crippen LogP contribution in [0.2, 0.25) is 0 Å². The topological polar surface area (TPSA) is 112 Å². The van der Waals surface area contributed by atoms with Gasteiger partial charge in [0.2, 0.25) is 5.88 Å². The van der Waals surface area contributed by atoms with E-state index < -0.39 is 20.1 Å². The summed E-state index contributed by atoms with van der Waals surface area (Å²) in [5.74, 6) is -0.308. The van der Waals surface area contributed by atoms with E-state index in [0.29, 0.717) is 0 Å². The van der Waals surface area contributed by atoms with Gasteiger partial charge in [-0.2, -0.15) is 13.4 Å². The molecule has 0 aromatic carbocycles. The van der Waals surface area contributed by atoms with E-state index in [1.807, 2.05) is 0 Å². The van der Waals surface area contributed by atoms with Crippen molar-refractivity contribution in [2.75, 3.05) is 26.5 Å². The Morgan fingerprint density at radius 3 is 2.53 bits per heavy atom. The monoisotopic (exact) mass is 310 g/mol. The molecular weight excluding hydrogens is 296 g/mol. The number of rotatable bonds is 7. The van der Waals surface area contributed by atoms with Crippen molar-refractivity contribution in [2.45, 2.75) is 5.03 Å². The number of nitrogens with one attached hydrogen (secondary N) is 1. The van der Waals surface area contributed by atoms with Gasteiger partial charge >= 0.3 is 10.1 Å². The molecule has 0 saturated heterocycles. The molecule has 1 aromatic rings. The van der Waals surface area contributed by atoms with E-state index in [-0.39, 0.29) is 24.1 Å². The third-order valence-corrected chi connectivity index (χ3v) is 3.64. The fraction of sp³-hybridized carbons (Fsp3) is 0.444. The summed E-state index contributed by atoms with van der Waals surface area (Å²) in [7, 11) is -6.15. The number of sulfonamides is 1. The molecule has 0 aliphatic heterocycles. The molecule has 1 rings (SSSR count). The van der Waals surface area contributed by atoms with Crippen LogP contribution in [0.3, 0.4) is 0 Å². The summed E-state index contributed by atoms with van der Waals surface area (Å²) in [6.45, 7) is 0.288. The maximum absolute atomic E-state index is 11.8. The smallest absolute Gasteiger partial charge is 0.307 e. The summed E-state index contributed by atoms with van der Waals surface area (Å²) in [5, 5.41) is -0.329. The molecule has 0 amide bonds. The molecule has 0 radical (unpaired) electrons. The summed E-state index contributed by atoms with van der Waals surface area (Å²) >= 11 is 0. The highest BCUT2D eigenvalue weighted by molar-refractivity contribution is 7.89. The molecule has 0 spiro atoms. The quantitative estimate of drug-likeness (QED) is 0.526. The van der Waals surface area contributed by atoms with E-state index in [9.17, 15) is 16.8 Å². The Kier molecular flexibility index (Phi) is 5.23. The second kappa shape index (κ2) is 6.28. The molecule has 19 heavy (non-hydrogen) atoms. The zero-order valence-electron chi connectivity index (χ0n) is 10.4. The molecule has 1 N–H and O–H groups in total. The number of aromatic nitrogens is 1. The third-order valence-electron chi connectivity index (χ3n) is 1.81. The van der Waals surface area contributed by atoms with Gasteiger partial charge in [0.05, 0.1) is 12.9 Å². The average Bonchev–Trinajstić information content (AvgIpc) is 2.27. The highest BCUT2D eigenvalue weighted by Gasteiger charge is 2.17. The van der Waals surface area contributed by atoms with Gasteiger partial charge in [0.15, 0.2) is 5.03 Å². The largest absolute Gasteiger partial charge is 0.383 e. The predicted molar refractivity (Wildman–Crippen MR) is 66.8 cm³/mol. The Bertz CT molecular complexity index is 626. The fourth-order valence-corrected chi connectivity index (χ4v) is 2.47. The van der Waals surface area contributed by atoms with Crippen LogP contribution < -0.4 is 8.91 Å². The molecule has 0 atom stereocenters. The van der Waals surface area contributed by atoms with Crippen LogP contribution in [0.15, 0.2) is 23.2 Å². The van der Waals surface area contributed by atoms with Gasteiger partial charge in [-0.25, -0.2) is 13.1 Å². The van der Waals surface area contributed by atoms with Crippen molar-refractivity contribution in [3.05, 3.63) is 18.2 Å². The zero-order chi connectivity index (χ0) is 14.5. The average molecular weight is 310 g/mol. The van der Waals surface area contributed by atoms with Crippen LogP contribution >= 0.6 is 0 Å². The summed E-state index contributed by atoms with van der Waals surface area (Å²) in [6, 6.07) is 3.80. The number of nitrogens with zero attached hydrogens (tertiary/aromatic N) is 1. The lowest BCUT2D eigenvalue weighted by molar-refractivity contribution is 0.204. The van der Waals surface area contributed by atoms with E-state index in [0.717, 1.165) is 6.26 Å². The molecule has 0 bridgehead atoms. The Hall–Kier alpha value is -1.23. The third kappa shape index (κ3) is 5.51. The lowest BCUT2D eigenvalue weighted by Gasteiger charge is -2.07. The molecule has 0 aliphatic rings. The van der Waals surface area contributed by atoms with E-state index in [1.54, 1.807) is 0 Å². The van der Waals surface area contributed by atoms with Gasteiger partial charge in [0, 0.05) is 19.7 Å². The molecule has 10 heteroatoms. The lowest BCUT2D eigenvalue weighted by atomic mass is 10.5. The van der Waals surface area contributed by atoms with Gasteiger partial charge in [-0.1, -0.05) is 6.07 Å². The van der Waals surface area contributed by atoms with Gasteiger partial charge < -0.3 is 8.92 Å². The first-order valence-corrected chi connectivity index (χ1v) is 8.40. The minimum Gasteiger partial charge on any atom is -0.383 e. The Morgan fingerprint density at radius 1 is 1.26 bits per heavy atom. The first-order chi connectivity index (χ1) is 8.74. The van der Waals surface area contributed by atoms with Crippen molar-refractivity contribution in [3.8, 4) is 5.88 Å². The van der Waals surface area contributed by atoms with Gasteiger partial charge in [-0.15, -0.1) is 0 Å². The van der Waals surface area contributed by atoms with Crippen molar-refractivity contribution >= 4 is 20.1 Å². The van der Waals surface area contributed by atoms with Crippen molar-refractivity contribution in [1.29, 1.82) is 0 Å². The Morgan fingerprint density at radius 2 is 1.95 bits per heavy atom. The molecule has 8 nitrogen and oxygen atoms in total. The van der Waals surface area contributed by atoms with Crippen molar-refractivity contribution < 1.29 is 25.8 Å². The van der Waals surface area contributed by atoms with Crippen LogP contribution in [0.25, 0.3) is 0 Å². The van der Waals surface area contributed by atoms with Crippen LogP contribution in [0.4, 0.5) is 0 Å². The standard InChI is InChI=1S/C9H14N2O6S2/c1-16-7-6-10-19(14,15)9-5-3-4-8(11-9)17-18(2,12)13/h3-5,10H,6-7H2,1-2H3. The summed E-state index contributed by atoms with van der Waals surface area (Å²) in [6.07, 6.45) is 0.840. The van der Waals surface area contributed by atoms with E-state index in [2.05, 4.69) is 13.9 Å². The van der Waals surface area contributed by atoms with Crippen molar-refractivity contribution in [2.24, 2.45) is 0 Å². The van der Waals surface area contributed by atoms with Crippen LogP contribution in [0.5, 0.6) is 5.88 Å². The van der Waals surface area contributed by atoms with Gasteiger partial charge in [0.1, 0.15) is 0 Å². The van der Waals surface area contributed by atoms with Gasteiger partial charge in [-0.3, -0.25) is 0 Å². The molecule has 108 valence electrons. The summed E-state index contributed by atoms with van der Waals surface area (Å²) in [4.78, 5) is 3.62. The second-order valence-electron chi connectivity index (χ2n) is 3.49. The lowest BCUT2D eigenvalue weighted by Crippen LogP contribution is -2.28. The zero-order valence-corrected chi connectivity index (χ0v) is 12.0. The van der Waals surface area contributed by atoms with E-state index >= 15 is 0 Å². The number of ether oxygens (including phenoxy) is 1. The number of hydrogen-bond donors (Lipinski definition) is 1. The maximum Gasteiger partial charge on any atom is 0.307 e. The number of pyridine rings is 1. The maximum atomic E-state index is 11.8. The number of hydrogen-bond acceptors (Lipinski definition) is 7. The summed E-state index contributed by atoms with van der Waals surface area (Å²) < 4.78 is 56.9. The minimum atomic E-state index is -3.83. The predicted octanol–water partition coefficient (Wildman–Crippen LogP) is -0.655. The van der Waals surface area contributed by atoms with E-state index in [1.165, 1.54) is 25.3 Å². The fourth-order valence-electron chi connectivity index (χ4n) is 1.10. The van der Waals surface area contributed by atoms with Crippen LogP contribution in [-0.4, -0.2) is 48.3 Å². The summed E-state index contributed by atoms with van der Waals surface area (Å²) in [5.41, 5.74) is 0. The first-order valence-electron chi connectivity index (χ1n) is 5.10. The Labute approximate surface area is 111 Å². The van der Waals surface area contributed by atoms with Gasteiger partial charge in [-0.05, 0) is 6.07 Å². The number of methoxy groups -OCH3 is 1. The van der Waals surface area contributed by atoms with Crippen LogP contribution in [-0.2, 0) is 24.9 Å². The van der Waals surface area contributed by atoms with Crippen molar-refractivity contribution in [3.63, 3.8) is 0 Å².